The predicted molar refractivity (Wildman–Crippen MR) is 125 cm³/mol. The van der Waals surface area contributed by atoms with Gasteiger partial charge in [0.05, 0.1) is 11.5 Å². The lowest BCUT2D eigenvalue weighted by atomic mass is 9.89. The van der Waals surface area contributed by atoms with Crippen molar-refractivity contribution >= 4 is 29.1 Å². The van der Waals surface area contributed by atoms with Crippen molar-refractivity contribution in [3.63, 3.8) is 0 Å². The van der Waals surface area contributed by atoms with E-state index in [1.165, 1.54) is 16.5 Å². The molecule has 7 heteroatoms. The lowest BCUT2D eigenvalue weighted by Gasteiger charge is -2.43. The van der Waals surface area contributed by atoms with Gasteiger partial charge in [0.1, 0.15) is 0 Å². The summed E-state index contributed by atoms with van der Waals surface area (Å²) in [6.45, 7) is 2.65. The number of Topliss-reactive ketones (excluding diaryl/α,β-unsaturated/α-hetero) is 1. The van der Waals surface area contributed by atoms with Gasteiger partial charge in [-0.3, -0.25) is 19.3 Å². The molecule has 3 aliphatic rings. The lowest BCUT2D eigenvalue weighted by Crippen LogP contribution is -2.51. The molecule has 1 aliphatic carbocycles. The maximum Gasteiger partial charge on any atom is 0.224 e. The maximum atomic E-state index is 13.3. The van der Waals surface area contributed by atoms with Crippen molar-refractivity contribution in [1.82, 2.24) is 4.68 Å². The largest absolute Gasteiger partial charge is 0.503 e. The highest BCUT2D eigenvalue weighted by Gasteiger charge is 2.56. The van der Waals surface area contributed by atoms with E-state index < -0.39 is 16.6 Å². The van der Waals surface area contributed by atoms with E-state index in [0.29, 0.717) is 11.6 Å². The SMILES string of the molecule is Cc1cccc2c1SCc1cc(Cl)ccc1C2N1CC2(CC2)C(=O)c2c(O)c(=O)ccn21. The number of carbonyl (C=O) groups is 1. The zero-order valence-electron chi connectivity index (χ0n) is 17.5. The van der Waals surface area contributed by atoms with Crippen molar-refractivity contribution in [2.45, 2.75) is 36.5 Å². The molecule has 1 unspecified atom stereocenters. The van der Waals surface area contributed by atoms with Gasteiger partial charge in [-0.25, -0.2) is 0 Å². The second kappa shape index (κ2) is 6.90. The molecule has 1 saturated carbocycles. The number of carbonyl (C=O) groups excluding carboxylic acids is 1. The number of halogens is 1. The summed E-state index contributed by atoms with van der Waals surface area (Å²) in [5, 5.41) is 13.5. The summed E-state index contributed by atoms with van der Waals surface area (Å²) < 4.78 is 1.70. The Hall–Kier alpha value is -2.70. The molecule has 2 aromatic carbocycles. The Morgan fingerprint density at radius 3 is 2.72 bits per heavy atom. The molecule has 6 rings (SSSR count). The van der Waals surface area contributed by atoms with Crippen LogP contribution in [-0.4, -0.2) is 22.1 Å². The van der Waals surface area contributed by atoms with E-state index in [0.717, 1.165) is 35.3 Å². The summed E-state index contributed by atoms with van der Waals surface area (Å²) in [7, 11) is 0. The van der Waals surface area contributed by atoms with Crippen molar-refractivity contribution in [2.75, 3.05) is 11.6 Å². The molecule has 0 bridgehead atoms. The van der Waals surface area contributed by atoms with Gasteiger partial charge in [0.2, 0.25) is 5.43 Å². The first-order valence-corrected chi connectivity index (χ1v) is 12.0. The monoisotopic (exact) mass is 464 g/mol. The smallest absolute Gasteiger partial charge is 0.224 e. The van der Waals surface area contributed by atoms with Crippen molar-refractivity contribution in [3.8, 4) is 5.75 Å². The Morgan fingerprint density at radius 1 is 1.12 bits per heavy atom. The highest BCUT2D eigenvalue weighted by Crippen LogP contribution is 2.54. The van der Waals surface area contributed by atoms with Crippen LogP contribution in [0.25, 0.3) is 0 Å². The summed E-state index contributed by atoms with van der Waals surface area (Å²) in [6, 6.07) is 13.5. The van der Waals surface area contributed by atoms with E-state index in [9.17, 15) is 14.7 Å². The number of rotatable bonds is 1. The van der Waals surface area contributed by atoms with Gasteiger partial charge in [0.15, 0.2) is 17.2 Å². The summed E-state index contributed by atoms with van der Waals surface area (Å²) in [4.78, 5) is 26.7. The summed E-state index contributed by atoms with van der Waals surface area (Å²) in [5.74, 6) is 0.203. The molecule has 5 nitrogen and oxygen atoms in total. The second-order valence-corrected chi connectivity index (χ2v) is 10.4. The molecule has 1 aromatic heterocycles. The van der Waals surface area contributed by atoms with Crippen LogP contribution in [0.5, 0.6) is 5.75 Å². The van der Waals surface area contributed by atoms with Crippen LogP contribution in [0, 0.1) is 12.3 Å². The standard InChI is InChI=1S/C25H21ClN2O3S/c1-14-3-2-4-18-20(17-6-5-16(26)11-15(17)12-32-23(14)18)28-13-25(8-9-25)24(31)21-22(30)19(29)7-10-27(21)28/h2-7,10-11,20,30H,8-9,12-13H2,1H3. The molecule has 1 spiro atoms. The molecular weight excluding hydrogens is 444 g/mol. The van der Waals surface area contributed by atoms with Crippen molar-refractivity contribution in [1.29, 1.82) is 0 Å². The first-order chi connectivity index (χ1) is 15.4. The minimum atomic E-state index is -0.540. The quantitative estimate of drug-likeness (QED) is 0.559. The average Bonchev–Trinajstić information content (AvgIpc) is 3.56. The summed E-state index contributed by atoms with van der Waals surface area (Å²) in [6.07, 6.45) is 3.15. The number of benzene rings is 2. The van der Waals surface area contributed by atoms with Crippen LogP contribution in [0.2, 0.25) is 5.02 Å². The Kier molecular flexibility index (Phi) is 4.30. The lowest BCUT2D eigenvalue weighted by molar-refractivity contribution is 0.0856. The normalized spacial score (nSPS) is 20.4. The molecule has 2 aliphatic heterocycles. The van der Waals surface area contributed by atoms with Crippen LogP contribution in [0.3, 0.4) is 0 Å². The predicted octanol–water partition coefficient (Wildman–Crippen LogP) is 4.83. The van der Waals surface area contributed by atoms with Gasteiger partial charge in [-0.2, -0.15) is 0 Å². The molecular formula is C25H21ClN2O3S. The van der Waals surface area contributed by atoms with E-state index in [2.05, 4.69) is 36.2 Å². The highest BCUT2D eigenvalue weighted by molar-refractivity contribution is 7.98. The third-order valence-corrected chi connectivity index (χ3v) is 8.49. The van der Waals surface area contributed by atoms with Crippen molar-refractivity contribution in [2.24, 2.45) is 5.41 Å². The fraction of sp³-hybridized carbons (Fsp3) is 0.280. The van der Waals surface area contributed by atoms with Crippen LogP contribution in [-0.2, 0) is 5.75 Å². The number of pyridine rings is 1. The molecule has 0 amide bonds. The van der Waals surface area contributed by atoms with Crippen molar-refractivity contribution < 1.29 is 9.90 Å². The number of hydrogen-bond donors (Lipinski definition) is 1. The van der Waals surface area contributed by atoms with E-state index in [4.69, 9.17) is 11.6 Å². The van der Waals surface area contributed by atoms with Gasteiger partial charge in [0, 0.05) is 34.5 Å². The molecule has 3 heterocycles. The third kappa shape index (κ3) is 2.79. The van der Waals surface area contributed by atoms with Gasteiger partial charge in [0.25, 0.3) is 0 Å². The number of ketones is 1. The number of fused-ring (bicyclic) bond motifs is 3. The Balaban J connectivity index is 1.65. The molecule has 0 radical (unpaired) electrons. The fourth-order valence-electron chi connectivity index (χ4n) is 5.10. The minimum absolute atomic E-state index is 0.0999. The Labute approximate surface area is 194 Å². The third-order valence-electron chi connectivity index (χ3n) is 6.95. The van der Waals surface area contributed by atoms with E-state index in [1.807, 2.05) is 12.1 Å². The minimum Gasteiger partial charge on any atom is -0.503 e. The Morgan fingerprint density at radius 2 is 1.94 bits per heavy atom. The van der Waals surface area contributed by atoms with Crippen LogP contribution in [0.15, 0.2) is 58.4 Å². The van der Waals surface area contributed by atoms with E-state index in [-0.39, 0.29) is 17.5 Å². The molecule has 162 valence electrons. The van der Waals surface area contributed by atoms with E-state index in [1.54, 1.807) is 22.6 Å². The first kappa shape index (κ1) is 19.9. The zero-order chi connectivity index (χ0) is 22.2. The average molecular weight is 465 g/mol. The highest BCUT2D eigenvalue weighted by atomic mass is 35.5. The van der Waals surface area contributed by atoms with Crippen LogP contribution >= 0.6 is 23.4 Å². The zero-order valence-corrected chi connectivity index (χ0v) is 19.0. The van der Waals surface area contributed by atoms with Gasteiger partial charge in [-0.15, -0.1) is 11.8 Å². The Bertz CT molecular complexity index is 1360. The molecule has 1 N–H and O–H groups in total. The molecule has 3 aromatic rings. The number of thioether (sulfide) groups is 1. The number of nitrogens with zero attached hydrogens (tertiary/aromatic N) is 2. The molecule has 0 saturated heterocycles. The van der Waals surface area contributed by atoms with Crippen LogP contribution in [0.4, 0.5) is 0 Å². The number of aryl methyl sites for hydroxylation is 1. The van der Waals surface area contributed by atoms with Crippen LogP contribution < -0.4 is 10.4 Å². The number of aromatic nitrogens is 1. The summed E-state index contributed by atoms with van der Waals surface area (Å²) >= 11 is 8.16. The van der Waals surface area contributed by atoms with Gasteiger partial charge < -0.3 is 5.11 Å². The molecule has 32 heavy (non-hydrogen) atoms. The van der Waals surface area contributed by atoms with Gasteiger partial charge in [-0.1, -0.05) is 35.9 Å². The van der Waals surface area contributed by atoms with E-state index >= 15 is 0 Å². The second-order valence-electron chi connectivity index (χ2n) is 8.96. The first-order valence-electron chi connectivity index (χ1n) is 10.7. The molecule has 1 fully saturated rings. The number of aromatic hydroxyl groups is 1. The van der Waals surface area contributed by atoms with Gasteiger partial charge in [-0.05, 0) is 54.2 Å². The topological polar surface area (TPSA) is 62.5 Å². The van der Waals surface area contributed by atoms with Crippen molar-refractivity contribution in [3.05, 3.63) is 91.9 Å². The fourth-order valence-corrected chi connectivity index (χ4v) is 6.48. The summed E-state index contributed by atoms with van der Waals surface area (Å²) in [5.41, 5.74) is 3.67. The number of hydrogen-bond acceptors (Lipinski definition) is 5. The maximum absolute atomic E-state index is 13.3. The molecule has 1 atom stereocenters. The van der Waals surface area contributed by atoms with Gasteiger partial charge >= 0.3 is 0 Å². The van der Waals surface area contributed by atoms with Crippen LogP contribution in [0.1, 0.15) is 51.6 Å².